The molecular formula is C17H17F2NO2S. The van der Waals surface area contributed by atoms with Gasteiger partial charge in [0.05, 0.1) is 4.90 Å². The molecule has 0 radical (unpaired) electrons. The molecule has 0 heterocycles. The van der Waals surface area contributed by atoms with Gasteiger partial charge in [0.2, 0.25) is 10.0 Å². The van der Waals surface area contributed by atoms with Crippen LogP contribution in [0, 0.1) is 18.6 Å². The Labute approximate surface area is 134 Å². The summed E-state index contributed by atoms with van der Waals surface area (Å²) in [5, 5.41) is 0. The second-order valence-electron chi connectivity index (χ2n) is 6.02. The fourth-order valence-electron chi connectivity index (χ4n) is 2.62. The number of benzene rings is 2. The first-order valence-corrected chi connectivity index (χ1v) is 8.83. The van der Waals surface area contributed by atoms with E-state index in [4.69, 9.17) is 0 Å². The molecule has 6 heteroatoms. The number of sulfonamides is 1. The van der Waals surface area contributed by atoms with Crippen molar-refractivity contribution in [2.75, 3.05) is 6.54 Å². The molecule has 2 aromatic rings. The van der Waals surface area contributed by atoms with Crippen LogP contribution in [0.2, 0.25) is 0 Å². The Bertz CT molecular complexity index is 828. The first-order chi connectivity index (χ1) is 10.8. The lowest BCUT2D eigenvalue weighted by Crippen LogP contribution is -2.32. The third-order valence-corrected chi connectivity index (χ3v) is 5.75. The quantitative estimate of drug-likeness (QED) is 0.910. The van der Waals surface area contributed by atoms with Crippen LogP contribution in [0.5, 0.6) is 0 Å². The highest BCUT2D eigenvalue weighted by atomic mass is 32.2. The van der Waals surface area contributed by atoms with Gasteiger partial charge < -0.3 is 0 Å². The Morgan fingerprint density at radius 1 is 1.09 bits per heavy atom. The van der Waals surface area contributed by atoms with Crippen molar-refractivity contribution in [3.63, 3.8) is 0 Å². The second-order valence-corrected chi connectivity index (χ2v) is 7.79. The molecule has 0 aliphatic heterocycles. The average Bonchev–Trinajstić information content (AvgIpc) is 3.30. The van der Waals surface area contributed by atoms with Gasteiger partial charge >= 0.3 is 0 Å². The predicted octanol–water partition coefficient (Wildman–Crippen LogP) is 3.28. The summed E-state index contributed by atoms with van der Waals surface area (Å²) in [5.74, 6) is -0.749. The summed E-state index contributed by atoms with van der Waals surface area (Å²) >= 11 is 0. The molecule has 0 aromatic heterocycles. The predicted molar refractivity (Wildman–Crippen MR) is 83.6 cm³/mol. The number of halogens is 2. The van der Waals surface area contributed by atoms with Gasteiger partial charge in [-0.2, -0.15) is 0 Å². The zero-order valence-corrected chi connectivity index (χ0v) is 13.5. The summed E-state index contributed by atoms with van der Waals surface area (Å²) in [6, 6.07) is 9.87. The van der Waals surface area contributed by atoms with Crippen molar-refractivity contribution in [1.82, 2.24) is 4.72 Å². The van der Waals surface area contributed by atoms with Gasteiger partial charge in [-0.1, -0.05) is 12.1 Å². The highest BCUT2D eigenvalue weighted by Gasteiger charge is 2.44. The van der Waals surface area contributed by atoms with Crippen molar-refractivity contribution in [3.05, 3.63) is 65.2 Å². The standard InChI is InChI=1S/C17H17F2NO2S/c1-12-10-15(6-7-16(12)19)23(21,22)20-11-17(8-9-17)13-2-4-14(18)5-3-13/h2-7,10,20H,8-9,11H2,1H3. The number of rotatable bonds is 5. The lowest BCUT2D eigenvalue weighted by Gasteiger charge is -2.17. The number of hydrogen-bond donors (Lipinski definition) is 1. The smallest absolute Gasteiger partial charge is 0.210 e. The van der Waals surface area contributed by atoms with Gasteiger partial charge in [0.1, 0.15) is 11.6 Å². The molecule has 3 nitrogen and oxygen atoms in total. The van der Waals surface area contributed by atoms with E-state index < -0.39 is 15.8 Å². The van der Waals surface area contributed by atoms with Crippen LogP contribution < -0.4 is 4.72 Å². The fraction of sp³-hybridized carbons (Fsp3) is 0.294. The molecule has 1 N–H and O–H groups in total. The number of aryl methyl sites for hydroxylation is 1. The van der Waals surface area contributed by atoms with Crippen LogP contribution in [0.1, 0.15) is 24.0 Å². The molecule has 1 aliphatic carbocycles. The zero-order chi connectivity index (χ0) is 16.7. The van der Waals surface area contributed by atoms with Crippen LogP contribution in [0.25, 0.3) is 0 Å². The summed E-state index contributed by atoms with van der Waals surface area (Å²) in [7, 11) is -3.70. The molecule has 0 saturated heterocycles. The summed E-state index contributed by atoms with van der Waals surface area (Å²) in [4.78, 5) is 0.0475. The van der Waals surface area contributed by atoms with Crippen molar-refractivity contribution in [1.29, 1.82) is 0 Å². The Morgan fingerprint density at radius 3 is 2.30 bits per heavy atom. The molecule has 2 aromatic carbocycles. The summed E-state index contributed by atoms with van der Waals surface area (Å²) < 4.78 is 53.6. The van der Waals surface area contributed by atoms with E-state index >= 15 is 0 Å². The Hall–Kier alpha value is -1.79. The van der Waals surface area contributed by atoms with E-state index in [0.29, 0.717) is 0 Å². The normalized spacial score (nSPS) is 16.3. The van der Waals surface area contributed by atoms with Crippen molar-refractivity contribution < 1.29 is 17.2 Å². The molecule has 0 bridgehead atoms. The minimum absolute atomic E-state index is 0.0475. The summed E-state index contributed by atoms with van der Waals surface area (Å²) in [5.41, 5.74) is 0.944. The molecule has 122 valence electrons. The van der Waals surface area contributed by atoms with Crippen LogP contribution in [0.3, 0.4) is 0 Å². The van der Waals surface area contributed by atoms with E-state index in [-0.39, 0.29) is 28.2 Å². The minimum Gasteiger partial charge on any atom is -0.210 e. The second kappa shape index (κ2) is 5.69. The monoisotopic (exact) mass is 337 g/mol. The molecule has 0 unspecified atom stereocenters. The van der Waals surface area contributed by atoms with Gasteiger partial charge in [-0.3, -0.25) is 0 Å². The molecule has 0 amide bonds. The van der Waals surface area contributed by atoms with Crippen molar-refractivity contribution in [3.8, 4) is 0 Å². The number of hydrogen-bond acceptors (Lipinski definition) is 2. The maximum absolute atomic E-state index is 13.3. The van der Waals surface area contributed by atoms with Crippen LogP contribution in [-0.2, 0) is 15.4 Å². The van der Waals surface area contributed by atoms with E-state index in [9.17, 15) is 17.2 Å². The Balaban J connectivity index is 1.76. The van der Waals surface area contributed by atoms with Crippen molar-refractivity contribution in [2.24, 2.45) is 0 Å². The first-order valence-electron chi connectivity index (χ1n) is 7.34. The van der Waals surface area contributed by atoms with E-state index in [0.717, 1.165) is 24.5 Å². The van der Waals surface area contributed by atoms with Crippen LogP contribution >= 0.6 is 0 Å². The topological polar surface area (TPSA) is 46.2 Å². The van der Waals surface area contributed by atoms with Crippen LogP contribution in [0.15, 0.2) is 47.4 Å². The van der Waals surface area contributed by atoms with Crippen molar-refractivity contribution >= 4 is 10.0 Å². The molecule has 3 rings (SSSR count). The minimum atomic E-state index is -3.70. The largest absolute Gasteiger partial charge is 0.240 e. The van der Waals surface area contributed by atoms with E-state index in [2.05, 4.69) is 4.72 Å². The average molecular weight is 337 g/mol. The third kappa shape index (κ3) is 3.28. The SMILES string of the molecule is Cc1cc(S(=O)(=O)NCC2(c3ccc(F)cc3)CC2)ccc1F. The summed E-state index contributed by atoms with van der Waals surface area (Å²) in [6.07, 6.45) is 1.70. The number of nitrogens with one attached hydrogen (secondary N) is 1. The van der Waals surface area contributed by atoms with E-state index in [1.54, 1.807) is 12.1 Å². The first kappa shape index (κ1) is 16.1. The lowest BCUT2D eigenvalue weighted by atomic mass is 9.96. The van der Waals surface area contributed by atoms with Gasteiger partial charge in [-0.05, 0) is 61.2 Å². The third-order valence-electron chi connectivity index (χ3n) is 4.35. The Morgan fingerprint density at radius 2 is 1.74 bits per heavy atom. The Kier molecular flexibility index (Phi) is 3.98. The van der Waals surface area contributed by atoms with Gasteiger partial charge in [-0.25, -0.2) is 21.9 Å². The molecule has 0 atom stereocenters. The van der Waals surface area contributed by atoms with E-state index in [1.165, 1.54) is 31.2 Å². The van der Waals surface area contributed by atoms with E-state index in [1.807, 2.05) is 0 Å². The molecule has 0 spiro atoms. The molecule has 1 saturated carbocycles. The maximum atomic E-state index is 13.3. The van der Waals surface area contributed by atoms with Crippen LogP contribution in [-0.4, -0.2) is 15.0 Å². The highest BCUT2D eigenvalue weighted by Crippen LogP contribution is 2.47. The lowest BCUT2D eigenvalue weighted by molar-refractivity contribution is 0.565. The molecule has 23 heavy (non-hydrogen) atoms. The maximum Gasteiger partial charge on any atom is 0.240 e. The van der Waals surface area contributed by atoms with Crippen LogP contribution in [0.4, 0.5) is 8.78 Å². The fourth-order valence-corrected chi connectivity index (χ4v) is 3.83. The van der Waals surface area contributed by atoms with Gasteiger partial charge in [0.25, 0.3) is 0 Å². The van der Waals surface area contributed by atoms with Gasteiger partial charge in [0.15, 0.2) is 0 Å². The van der Waals surface area contributed by atoms with Gasteiger partial charge in [0, 0.05) is 12.0 Å². The zero-order valence-electron chi connectivity index (χ0n) is 12.6. The van der Waals surface area contributed by atoms with Gasteiger partial charge in [-0.15, -0.1) is 0 Å². The molecular weight excluding hydrogens is 320 g/mol. The molecule has 1 aliphatic rings. The highest BCUT2D eigenvalue weighted by molar-refractivity contribution is 7.89. The van der Waals surface area contributed by atoms with Crippen molar-refractivity contribution in [2.45, 2.75) is 30.1 Å². The summed E-state index contributed by atoms with van der Waals surface area (Å²) in [6.45, 7) is 1.77. The molecule has 1 fully saturated rings.